The molecule has 2 atom stereocenters. The summed E-state index contributed by atoms with van der Waals surface area (Å²) in [4.78, 5) is 17.1. The predicted octanol–water partition coefficient (Wildman–Crippen LogP) is 3.87. The third kappa shape index (κ3) is 8.11. The van der Waals surface area contributed by atoms with Crippen molar-refractivity contribution in [2.24, 2.45) is 12.0 Å². The van der Waals surface area contributed by atoms with Crippen molar-refractivity contribution in [1.29, 1.82) is 0 Å². The Kier molecular flexibility index (Phi) is 11.7. The van der Waals surface area contributed by atoms with Crippen LogP contribution in [0.3, 0.4) is 0 Å². The molecule has 2 unspecified atom stereocenters. The number of hydrogen-bond acceptors (Lipinski definition) is 3. The first kappa shape index (κ1) is 27.9. The van der Waals surface area contributed by atoms with Gasteiger partial charge in [-0.25, -0.2) is 4.99 Å². The molecular weight excluding hydrogens is 515 g/mol. The topological polar surface area (TPSA) is 83.3 Å². The third-order valence-corrected chi connectivity index (χ3v) is 5.50. The highest BCUT2D eigenvalue weighted by atomic mass is 127. The number of hydrogen-bond donors (Lipinski definition) is 3. The van der Waals surface area contributed by atoms with Crippen LogP contribution >= 0.6 is 24.0 Å². The molecule has 2 aromatic rings. The van der Waals surface area contributed by atoms with Crippen LogP contribution in [0.4, 0.5) is 0 Å². The standard InChI is InChI=1S/C24H38N6O.HI/c1-8-16(3)27-23(31)21-12-10-11-20(14-21)15-26-24(25-9-2)28-17(4)13-22-18(5)29-30(7)19(22)6;/h10-12,14,16-17H,8-9,13,15H2,1-7H3,(H,27,31)(H2,25,26,28);1H. The summed E-state index contributed by atoms with van der Waals surface area (Å²) in [6, 6.07) is 8.02. The lowest BCUT2D eigenvalue weighted by atomic mass is 10.1. The fourth-order valence-corrected chi connectivity index (χ4v) is 3.41. The second-order valence-electron chi connectivity index (χ2n) is 8.20. The Morgan fingerprint density at radius 2 is 1.88 bits per heavy atom. The molecule has 0 saturated heterocycles. The lowest BCUT2D eigenvalue weighted by molar-refractivity contribution is 0.0939. The average molecular weight is 555 g/mol. The summed E-state index contributed by atoms with van der Waals surface area (Å²) in [6.45, 7) is 13.7. The van der Waals surface area contributed by atoms with Gasteiger partial charge in [-0.2, -0.15) is 5.10 Å². The Hall–Kier alpha value is -2.10. The highest BCUT2D eigenvalue weighted by molar-refractivity contribution is 14.0. The van der Waals surface area contributed by atoms with Gasteiger partial charge in [0.05, 0.1) is 12.2 Å². The molecule has 0 aliphatic carbocycles. The van der Waals surface area contributed by atoms with Gasteiger partial charge >= 0.3 is 0 Å². The van der Waals surface area contributed by atoms with Crippen LogP contribution in [0.1, 0.15) is 67.0 Å². The van der Waals surface area contributed by atoms with Crippen LogP contribution < -0.4 is 16.0 Å². The van der Waals surface area contributed by atoms with Crippen LogP contribution in [0.15, 0.2) is 29.3 Å². The van der Waals surface area contributed by atoms with Crippen LogP contribution in [-0.4, -0.2) is 40.3 Å². The summed E-state index contributed by atoms with van der Waals surface area (Å²) in [6.07, 6.45) is 1.78. The monoisotopic (exact) mass is 554 g/mol. The summed E-state index contributed by atoms with van der Waals surface area (Å²) in [5.41, 5.74) is 5.21. The van der Waals surface area contributed by atoms with Gasteiger partial charge < -0.3 is 16.0 Å². The summed E-state index contributed by atoms with van der Waals surface area (Å²) in [5, 5.41) is 14.3. The minimum Gasteiger partial charge on any atom is -0.357 e. The van der Waals surface area contributed by atoms with Crippen LogP contribution in [0.2, 0.25) is 0 Å². The van der Waals surface area contributed by atoms with Gasteiger partial charge in [0.1, 0.15) is 0 Å². The van der Waals surface area contributed by atoms with Gasteiger partial charge in [-0.1, -0.05) is 19.1 Å². The van der Waals surface area contributed by atoms with Crippen molar-refractivity contribution in [3.05, 3.63) is 52.3 Å². The minimum absolute atomic E-state index is 0. The number of rotatable bonds is 9. The van der Waals surface area contributed by atoms with Gasteiger partial charge in [0, 0.05) is 36.9 Å². The number of aliphatic imine (C=N–C) groups is 1. The molecule has 7 nitrogen and oxygen atoms in total. The van der Waals surface area contributed by atoms with Crippen molar-refractivity contribution in [2.75, 3.05) is 6.54 Å². The van der Waals surface area contributed by atoms with Gasteiger partial charge in [-0.3, -0.25) is 9.48 Å². The van der Waals surface area contributed by atoms with E-state index in [1.54, 1.807) is 0 Å². The van der Waals surface area contributed by atoms with Gasteiger partial charge in [0.2, 0.25) is 0 Å². The molecule has 178 valence electrons. The van der Waals surface area contributed by atoms with E-state index in [4.69, 9.17) is 4.99 Å². The molecule has 0 bridgehead atoms. The lowest BCUT2D eigenvalue weighted by Crippen LogP contribution is -2.43. The quantitative estimate of drug-likeness (QED) is 0.250. The first-order chi connectivity index (χ1) is 14.7. The molecule has 32 heavy (non-hydrogen) atoms. The van der Waals surface area contributed by atoms with E-state index < -0.39 is 0 Å². The summed E-state index contributed by atoms with van der Waals surface area (Å²) in [7, 11) is 1.98. The van der Waals surface area contributed by atoms with Gasteiger partial charge in [-0.15, -0.1) is 24.0 Å². The molecule has 2 rings (SSSR count). The number of nitrogens with zero attached hydrogens (tertiary/aromatic N) is 3. The van der Waals surface area contributed by atoms with Gasteiger partial charge in [-0.05, 0) is 70.7 Å². The molecule has 0 fully saturated rings. The van der Waals surface area contributed by atoms with Crippen molar-refractivity contribution in [3.63, 3.8) is 0 Å². The maximum Gasteiger partial charge on any atom is 0.251 e. The van der Waals surface area contributed by atoms with E-state index in [-0.39, 0.29) is 42.0 Å². The molecular formula is C24H39IN6O. The number of carbonyl (C=O) groups is 1. The van der Waals surface area contributed by atoms with E-state index in [1.807, 2.05) is 42.9 Å². The van der Waals surface area contributed by atoms with Gasteiger partial charge in [0.15, 0.2) is 5.96 Å². The summed E-state index contributed by atoms with van der Waals surface area (Å²) in [5.74, 6) is 0.727. The molecule has 1 amide bonds. The maximum absolute atomic E-state index is 12.4. The summed E-state index contributed by atoms with van der Waals surface area (Å²) < 4.78 is 1.93. The first-order valence-electron chi connectivity index (χ1n) is 11.2. The predicted molar refractivity (Wildman–Crippen MR) is 143 cm³/mol. The average Bonchev–Trinajstić information content (AvgIpc) is 2.98. The fraction of sp³-hybridized carbons (Fsp3) is 0.542. The second kappa shape index (κ2) is 13.4. The van der Waals surface area contributed by atoms with Crippen molar-refractivity contribution >= 4 is 35.8 Å². The molecule has 1 aromatic heterocycles. The zero-order valence-corrected chi connectivity index (χ0v) is 22.8. The SMILES string of the molecule is CCNC(=NCc1cccc(C(=O)NC(C)CC)c1)NC(C)Cc1c(C)nn(C)c1C.I. The van der Waals surface area contributed by atoms with E-state index in [2.05, 4.69) is 55.7 Å². The Balaban J connectivity index is 0.00000512. The van der Waals surface area contributed by atoms with E-state index in [0.717, 1.165) is 36.6 Å². The molecule has 1 heterocycles. The van der Waals surface area contributed by atoms with Crippen LogP contribution in [-0.2, 0) is 20.0 Å². The molecule has 0 radical (unpaired) electrons. The molecule has 0 aliphatic rings. The third-order valence-electron chi connectivity index (χ3n) is 5.50. The number of benzene rings is 1. The summed E-state index contributed by atoms with van der Waals surface area (Å²) >= 11 is 0. The van der Waals surface area contributed by atoms with Crippen molar-refractivity contribution in [2.45, 2.75) is 73.0 Å². The largest absolute Gasteiger partial charge is 0.357 e. The van der Waals surface area contributed by atoms with Gasteiger partial charge in [0.25, 0.3) is 5.91 Å². The van der Waals surface area contributed by atoms with Crippen LogP contribution in [0.5, 0.6) is 0 Å². The second-order valence-corrected chi connectivity index (χ2v) is 8.20. The number of halogens is 1. The first-order valence-corrected chi connectivity index (χ1v) is 11.2. The minimum atomic E-state index is -0.0407. The zero-order chi connectivity index (χ0) is 23.0. The van der Waals surface area contributed by atoms with E-state index in [1.165, 1.54) is 11.3 Å². The number of guanidine groups is 1. The smallest absolute Gasteiger partial charge is 0.251 e. The fourth-order valence-electron chi connectivity index (χ4n) is 3.41. The van der Waals surface area contributed by atoms with E-state index in [0.29, 0.717) is 12.1 Å². The normalized spacial score (nSPS) is 13.2. The molecule has 1 aromatic carbocycles. The molecule has 0 saturated carbocycles. The Morgan fingerprint density at radius 3 is 2.47 bits per heavy atom. The number of nitrogens with one attached hydrogen (secondary N) is 3. The van der Waals surface area contributed by atoms with Crippen LogP contribution in [0, 0.1) is 13.8 Å². The number of carbonyl (C=O) groups excluding carboxylic acids is 1. The van der Waals surface area contributed by atoms with Crippen molar-refractivity contribution in [1.82, 2.24) is 25.7 Å². The Morgan fingerprint density at radius 1 is 1.16 bits per heavy atom. The number of aromatic nitrogens is 2. The highest BCUT2D eigenvalue weighted by Crippen LogP contribution is 2.14. The Labute approximate surface area is 209 Å². The lowest BCUT2D eigenvalue weighted by Gasteiger charge is -2.18. The molecule has 0 spiro atoms. The number of aryl methyl sites for hydroxylation is 2. The molecule has 8 heteroatoms. The molecule has 0 aliphatic heterocycles. The van der Waals surface area contributed by atoms with E-state index in [9.17, 15) is 4.79 Å². The highest BCUT2D eigenvalue weighted by Gasteiger charge is 2.14. The zero-order valence-electron chi connectivity index (χ0n) is 20.5. The Bertz CT molecular complexity index is 908. The maximum atomic E-state index is 12.4. The van der Waals surface area contributed by atoms with Crippen molar-refractivity contribution in [3.8, 4) is 0 Å². The number of amides is 1. The van der Waals surface area contributed by atoms with Crippen molar-refractivity contribution < 1.29 is 4.79 Å². The molecule has 3 N–H and O–H groups in total. The van der Waals surface area contributed by atoms with E-state index >= 15 is 0 Å². The van der Waals surface area contributed by atoms with Crippen LogP contribution in [0.25, 0.3) is 0 Å².